The number of nitrogens with zero attached hydrogens (tertiary/aromatic N) is 2. The van der Waals surface area contributed by atoms with Crippen LogP contribution in [0.2, 0.25) is 10.0 Å². The molecular formula is C12H13Cl2N3S. The first-order valence-corrected chi connectivity index (χ1v) is 7.09. The standard InChI is InChI=1S/C12H13Cl2N3S/c1-7-12(14)10(17(2)16-7)6-18-11-4-3-8(15)5-9(11)13/h3-5H,6,15H2,1-2H3. The molecular weight excluding hydrogens is 289 g/mol. The van der Waals surface area contributed by atoms with Gasteiger partial charge in [-0.05, 0) is 25.1 Å². The minimum atomic E-state index is 0.662. The number of rotatable bonds is 3. The van der Waals surface area contributed by atoms with E-state index in [4.69, 9.17) is 28.9 Å². The molecule has 2 rings (SSSR count). The molecule has 18 heavy (non-hydrogen) atoms. The molecule has 1 heterocycles. The number of hydrogen-bond donors (Lipinski definition) is 1. The molecule has 0 saturated heterocycles. The molecule has 0 unspecified atom stereocenters. The Balaban J connectivity index is 2.16. The quantitative estimate of drug-likeness (QED) is 0.690. The van der Waals surface area contributed by atoms with E-state index in [-0.39, 0.29) is 0 Å². The number of benzene rings is 1. The average molecular weight is 302 g/mol. The molecule has 0 atom stereocenters. The van der Waals surface area contributed by atoms with Gasteiger partial charge in [0.2, 0.25) is 0 Å². The second-order valence-electron chi connectivity index (χ2n) is 3.95. The van der Waals surface area contributed by atoms with Gasteiger partial charge in [0.1, 0.15) is 0 Å². The van der Waals surface area contributed by atoms with Crippen LogP contribution in [0, 0.1) is 6.92 Å². The van der Waals surface area contributed by atoms with E-state index in [9.17, 15) is 0 Å². The lowest BCUT2D eigenvalue weighted by Crippen LogP contribution is -1.96. The van der Waals surface area contributed by atoms with E-state index in [0.29, 0.717) is 10.7 Å². The number of anilines is 1. The summed E-state index contributed by atoms with van der Waals surface area (Å²) in [4.78, 5) is 0.987. The fourth-order valence-electron chi connectivity index (χ4n) is 1.62. The lowest BCUT2D eigenvalue weighted by molar-refractivity contribution is 0.727. The van der Waals surface area contributed by atoms with Crippen LogP contribution in [0.15, 0.2) is 23.1 Å². The number of hydrogen-bond acceptors (Lipinski definition) is 3. The van der Waals surface area contributed by atoms with Crippen LogP contribution in [0.25, 0.3) is 0 Å². The highest BCUT2D eigenvalue weighted by atomic mass is 35.5. The number of halogens is 2. The van der Waals surface area contributed by atoms with E-state index in [1.165, 1.54) is 0 Å². The van der Waals surface area contributed by atoms with Gasteiger partial charge in [0.05, 0.1) is 21.4 Å². The summed E-state index contributed by atoms with van der Waals surface area (Å²) in [5, 5.41) is 5.66. The molecule has 0 amide bonds. The lowest BCUT2D eigenvalue weighted by Gasteiger charge is -2.06. The predicted octanol–water partition coefficient (Wildman–Crippen LogP) is 3.91. The Kier molecular flexibility index (Phi) is 4.10. The van der Waals surface area contributed by atoms with Crippen molar-refractivity contribution >= 4 is 40.7 Å². The predicted molar refractivity (Wildman–Crippen MR) is 78.4 cm³/mol. The summed E-state index contributed by atoms with van der Waals surface area (Å²) in [7, 11) is 1.89. The molecule has 3 nitrogen and oxygen atoms in total. The van der Waals surface area contributed by atoms with Crippen molar-refractivity contribution in [1.29, 1.82) is 0 Å². The topological polar surface area (TPSA) is 43.8 Å². The first kappa shape index (κ1) is 13.6. The Morgan fingerprint density at radius 3 is 2.67 bits per heavy atom. The molecule has 2 N–H and O–H groups in total. The van der Waals surface area contributed by atoms with Crippen molar-refractivity contribution in [1.82, 2.24) is 9.78 Å². The van der Waals surface area contributed by atoms with Crippen molar-refractivity contribution in [3.63, 3.8) is 0 Å². The molecule has 0 aliphatic heterocycles. The van der Waals surface area contributed by atoms with E-state index in [2.05, 4.69) is 5.10 Å². The lowest BCUT2D eigenvalue weighted by atomic mass is 10.3. The van der Waals surface area contributed by atoms with Gasteiger partial charge in [-0.1, -0.05) is 23.2 Å². The van der Waals surface area contributed by atoms with Crippen LogP contribution in [-0.4, -0.2) is 9.78 Å². The number of nitrogen functional groups attached to an aromatic ring is 1. The molecule has 1 aromatic carbocycles. The van der Waals surface area contributed by atoms with Crippen LogP contribution >= 0.6 is 35.0 Å². The Hall–Kier alpha value is -0.840. The van der Waals surface area contributed by atoms with E-state index < -0.39 is 0 Å². The first-order chi connectivity index (χ1) is 8.49. The SMILES string of the molecule is Cc1nn(C)c(CSc2ccc(N)cc2Cl)c1Cl. The average Bonchev–Trinajstić information content (AvgIpc) is 2.53. The van der Waals surface area contributed by atoms with Gasteiger partial charge < -0.3 is 5.73 Å². The molecule has 2 aromatic rings. The summed E-state index contributed by atoms with van der Waals surface area (Å²) in [5.74, 6) is 0.722. The van der Waals surface area contributed by atoms with E-state index in [0.717, 1.165) is 27.1 Å². The summed E-state index contributed by atoms with van der Waals surface area (Å²) in [5.41, 5.74) is 8.16. The Morgan fingerprint density at radius 2 is 2.11 bits per heavy atom. The summed E-state index contributed by atoms with van der Waals surface area (Å²) in [6.07, 6.45) is 0. The van der Waals surface area contributed by atoms with E-state index in [1.54, 1.807) is 22.5 Å². The number of thioether (sulfide) groups is 1. The van der Waals surface area contributed by atoms with Gasteiger partial charge >= 0.3 is 0 Å². The van der Waals surface area contributed by atoms with Crippen LogP contribution < -0.4 is 5.73 Å². The highest BCUT2D eigenvalue weighted by Gasteiger charge is 2.12. The smallest absolute Gasteiger partial charge is 0.0855 e. The van der Waals surface area contributed by atoms with Gasteiger partial charge in [0, 0.05) is 23.4 Å². The van der Waals surface area contributed by atoms with Crippen LogP contribution in [0.5, 0.6) is 0 Å². The second kappa shape index (κ2) is 5.43. The van der Waals surface area contributed by atoms with Gasteiger partial charge in [-0.2, -0.15) is 5.10 Å². The Bertz CT molecular complexity index is 581. The molecule has 0 aliphatic rings. The third-order valence-electron chi connectivity index (χ3n) is 2.58. The maximum Gasteiger partial charge on any atom is 0.0855 e. The minimum Gasteiger partial charge on any atom is -0.399 e. The summed E-state index contributed by atoms with van der Waals surface area (Å²) in [6, 6.07) is 5.50. The molecule has 1 aromatic heterocycles. The van der Waals surface area contributed by atoms with Gasteiger partial charge in [-0.3, -0.25) is 4.68 Å². The number of nitrogens with two attached hydrogens (primary N) is 1. The van der Waals surface area contributed by atoms with Crippen molar-refractivity contribution in [2.75, 3.05) is 5.73 Å². The van der Waals surface area contributed by atoms with Crippen LogP contribution in [0.3, 0.4) is 0 Å². The van der Waals surface area contributed by atoms with Crippen molar-refractivity contribution in [3.05, 3.63) is 39.6 Å². The molecule has 0 saturated carbocycles. The molecule has 0 radical (unpaired) electrons. The monoisotopic (exact) mass is 301 g/mol. The highest BCUT2D eigenvalue weighted by molar-refractivity contribution is 7.98. The zero-order valence-electron chi connectivity index (χ0n) is 10.1. The van der Waals surface area contributed by atoms with Gasteiger partial charge in [-0.25, -0.2) is 0 Å². The zero-order chi connectivity index (χ0) is 13.3. The maximum absolute atomic E-state index is 6.20. The van der Waals surface area contributed by atoms with Crippen molar-refractivity contribution < 1.29 is 0 Å². The van der Waals surface area contributed by atoms with Gasteiger partial charge in [0.15, 0.2) is 0 Å². The molecule has 0 aliphatic carbocycles. The molecule has 0 spiro atoms. The minimum absolute atomic E-state index is 0.662. The third-order valence-corrected chi connectivity index (χ3v) is 4.58. The Labute approximate surface area is 120 Å². The largest absolute Gasteiger partial charge is 0.399 e. The first-order valence-electron chi connectivity index (χ1n) is 5.35. The second-order valence-corrected chi connectivity index (χ2v) is 5.75. The number of aryl methyl sites for hydroxylation is 2. The Morgan fingerprint density at radius 1 is 1.39 bits per heavy atom. The van der Waals surface area contributed by atoms with Gasteiger partial charge in [0.25, 0.3) is 0 Å². The highest BCUT2D eigenvalue weighted by Crippen LogP contribution is 2.33. The summed E-state index contributed by atoms with van der Waals surface area (Å²) < 4.78 is 1.80. The third kappa shape index (κ3) is 2.76. The molecule has 6 heteroatoms. The number of aromatic nitrogens is 2. The maximum atomic E-state index is 6.20. The van der Waals surface area contributed by atoms with Crippen molar-refractivity contribution in [3.8, 4) is 0 Å². The zero-order valence-corrected chi connectivity index (χ0v) is 12.4. The molecule has 96 valence electrons. The van der Waals surface area contributed by atoms with Crippen LogP contribution in [0.4, 0.5) is 5.69 Å². The summed E-state index contributed by atoms with van der Waals surface area (Å²) >= 11 is 13.9. The van der Waals surface area contributed by atoms with Crippen molar-refractivity contribution in [2.24, 2.45) is 7.05 Å². The van der Waals surface area contributed by atoms with E-state index >= 15 is 0 Å². The normalized spacial score (nSPS) is 10.9. The van der Waals surface area contributed by atoms with E-state index in [1.807, 2.05) is 26.1 Å². The van der Waals surface area contributed by atoms with Gasteiger partial charge in [-0.15, -0.1) is 11.8 Å². The van der Waals surface area contributed by atoms with Crippen LogP contribution in [0.1, 0.15) is 11.4 Å². The molecule has 0 bridgehead atoms. The summed E-state index contributed by atoms with van der Waals surface area (Å²) in [6.45, 7) is 1.90. The molecule has 0 fully saturated rings. The van der Waals surface area contributed by atoms with Crippen molar-refractivity contribution in [2.45, 2.75) is 17.6 Å². The fraction of sp³-hybridized carbons (Fsp3) is 0.250. The fourth-order valence-corrected chi connectivity index (χ4v) is 3.26. The van der Waals surface area contributed by atoms with Crippen LogP contribution in [-0.2, 0) is 12.8 Å².